The molecule has 1 aliphatic rings. The number of fused-ring (bicyclic) bond motifs is 1. The van der Waals surface area contributed by atoms with E-state index >= 15 is 0 Å². The summed E-state index contributed by atoms with van der Waals surface area (Å²) in [5.74, 6) is 2.57. The first-order chi connectivity index (χ1) is 9.43. The third-order valence-electron chi connectivity index (χ3n) is 3.56. The first kappa shape index (κ1) is 13.0. The summed E-state index contributed by atoms with van der Waals surface area (Å²) < 4.78 is 0. The Bertz CT molecular complexity index is 519. The Kier molecular flexibility index (Phi) is 4.37. The fraction of sp³-hybridized carbons (Fsp3) is 0.500. The number of aromatic nitrogens is 2. The molecule has 0 aromatic carbocycles. The van der Waals surface area contributed by atoms with Crippen LogP contribution in [-0.2, 0) is 6.54 Å². The van der Waals surface area contributed by atoms with Crippen LogP contribution in [0.2, 0.25) is 0 Å². The first-order valence-corrected chi connectivity index (χ1v) is 8.01. The molecule has 2 N–H and O–H groups in total. The summed E-state index contributed by atoms with van der Waals surface area (Å²) in [6.07, 6.45) is 3.88. The molecule has 2 aromatic heterocycles. The number of rotatable bonds is 5. The largest absolute Gasteiger partial charge is 0.346 e. The molecular weight excluding hydrogens is 256 g/mol. The number of pyridine rings is 1. The molecule has 1 aliphatic heterocycles. The monoisotopic (exact) mass is 276 g/mol. The lowest BCUT2D eigenvalue weighted by Gasteiger charge is -2.26. The zero-order chi connectivity index (χ0) is 12.9. The maximum absolute atomic E-state index is 4.31. The molecule has 0 unspecified atom stereocenters. The molecule has 0 spiro atoms. The molecule has 4 nitrogen and oxygen atoms in total. The van der Waals surface area contributed by atoms with Gasteiger partial charge in [0.05, 0.1) is 0 Å². The number of H-pyrrole nitrogens is 1. The van der Waals surface area contributed by atoms with Gasteiger partial charge in [-0.25, -0.2) is 4.98 Å². The van der Waals surface area contributed by atoms with Gasteiger partial charge >= 0.3 is 0 Å². The van der Waals surface area contributed by atoms with Gasteiger partial charge in [0, 0.05) is 62.0 Å². The van der Waals surface area contributed by atoms with Crippen LogP contribution in [0.15, 0.2) is 24.5 Å². The van der Waals surface area contributed by atoms with Crippen molar-refractivity contribution in [3.63, 3.8) is 0 Å². The fourth-order valence-electron chi connectivity index (χ4n) is 2.44. The van der Waals surface area contributed by atoms with E-state index in [1.54, 1.807) is 0 Å². The Labute approximate surface area is 118 Å². The van der Waals surface area contributed by atoms with Crippen molar-refractivity contribution in [3.05, 3.63) is 30.1 Å². The second kappa shape index (κ2) is 6.41. The molecule has 1 saturated heterocycles. The number of hydrogen-bond donors (Lipinski definition) is 2. The van der Waals surface area contributed by atoms with Crippen molar-refractivity contribution in [2.45, 2.75) is 6.54 Å². The van der Waals surface area contributed by atoms with Gasteiger partial charge in [-0.05, 0) is 17.7 Å². The molecule has 0 aliphatic carbocycles. The number of nitrogens with zero attached hydrogens (tertiary/aromatic N) is 2. The molecule has 102 valence electrons. The smallest absolute Gasteiger partial charge is 0.137 e. The number of nitrogens with one attached hydrogen (secondary N) is 2. The van der Waals surface area contributed by atoms with Crippen LogP contribution >= 0.6 is 11.8 Å². The minimum atomic E-state index is 0.911. The Balaban J connectivity index is 1.47. The molecular formula is C14H20N4S. The van der Waals surface area contributed by atoms with Gasteiger partial charge in [0.1, 0.15) is 5.65 Å². The van der Waals surface area contributed by atoms with Crippen LogP contribution in [-0.4, -0.2) is 52.6 Å². The van der Waals surface area contributed by atoms with Gasteiger partial charge in [0.25, 0.3) is 0 Å². The van der Waals surface area contributed by atoms with E-state index in [4.69, 9.17) is 0 Å². The molecule has 0 atom stereocenters. The SMILES string of the molecule is c1cnc2[nH]cc(CNCCN3CCSCC3)c2c1. The van der Waals surface area contributed by atoms with Gasteiger partial charge in [-0.15, -0.1) is 0 Å². The third kappa shape index (κ3) is 3.29. The first-order valence-electron chi connectivity index (χ1n) is 6.85. The van der Waals surface area contributed by atoms with Crippen LogP contribution in [0, 0.1) is 0 Å². The quantitative estimate of drug-likeness (QED) is 0.816. The summed E-state index contributed by atoms with van der Waals surface area (Å²) in [5.41, 5.74) is 2.28. The van der Waals surface area contributed by atoms with Crippen molar-refractivity contribution in [2.75, 3.05) is 37.7 Å². The molecule has 3 heterocycles. The fourth-order valence-corrected chi connectivity index (χ4v) is 3.42. The average Bonchev–Trinajstić information content (AvgIpc) is 2.88. The van der Waals surface area contributed by atoms with Gasteiger partial charge in [-0.2, -0.15) is 11.8 Å². The highest BCUT2D eigenvalue weighted by molar-refractivity contribution is 7.99. The standard InChI is InChI=1S/C14H20N4S/c1-2-13-12(11-17-14(13)16-3-1)10-15-4-5-18-6-8-19-9-7-18/h1-3,11,15H,4-10H2,(H,16,17). The third-order valence-corrected chi connectivity index (χ3v) is 4.50. The summed E-state index contributed by atoms with van der Waals surface area (Å²) in [6.45, 7) is 5.60. The van der Waals surface area contributed by atoms with Crippen LogP contribution in [0.25, 0.3) is 11.0 Å². The summed E-state index contributed by atoms with van der Waals surface area (Å²) >= 11 is 2.06. The molecule has 19 heavy (non-hydrogen) atoms. The molecule has 2 aromatic rings. The maximum Gasteiger partial charge on any atom is 0.137 e. The minimum absolute atomic E-state index is 0.911. The van der Waals surface area contributed by atoms with E-state index in [9.17, 15) is 0 Å². The summed E-state index contributed by atoms with van der Waals surface area (Å²) in [7, 11) is 0. The van der Waals surface area contributed by atoms with Gasteiger partial charge in [0.2, 0.25) is 0 Å². The van der Waals surface area contributed by atoms with E-state index in [-0.39, 0.29) is 0 Å². The normalized spacial score (nSPS) is 17.1. The van der Waals surface area contributed by atoms with Crippen molar-refractivity contribution >= 4 is 22.8 Å². The van der Waals surface area contributed by atoms with Crippen LogP contribution in [0.3, 0.4) is 0 Å². The Morgan fingerprint density at radius 3 is 3.16 bits per heavy atom. The lowest BCUT2D eigenvalue weighted by molar-refractivity contribution is 0.301. The summed E-state index contributed by atoms with van der Waals surface area (Å²) in [4.78, 5) is 10.1. The van der Waals surface area contributed by atoms with Crippen LogP contribution < -0.4 is 5.32 Å². The summed E-state index contributed by atoms with van der Waals surface area (Å²) in [6, 6.07) is 4.11. The molecule has 1 fully saturated rings. The van der Waals surface area contributed by atoms with Gasteiger partial charge in [-0.1, -0.05) is 0 Å². The zero-order valence-electron chi connectivity index (χ0n) is 11.1. The Hall–Kier alpha value is -1.04. The van der Waals surface area contributed by atoms with Gasteiger partial charge in [0.15, 0.2) is 0 Å². The second-order valence-electron chi connectivity index (χ2n) is 4.84. The van der Waals surface area contributed by atoms with Crippen molar-refractivity contribution in [3.8, 4) is 0 Å². The highest BCUT2D eigenvalue weighted by atomic mass is 32.2. The molecule has 0 amide bonds. The molecule has 0 saturated carbocycles. The predicted molar refractivity (Wildman–Crippen MR) is 81.6 cm³/mol. The highest BCUT2D eigenvalue weighted by Gasteiger charge is 2.09. The molecule has 0 radical (unpaired) electrons. The van der Waals surface area contributed by atoms with Gasteiger partial charge in [-0.3, -0.25) is 0 Å². The second-order valence-corrected chi connectivity index (χ2v) is 6.07. The zero-order valence-corrected chi connectivity index (χ0v) is 11.9. The number of hydrogen-bond acceptors (Lipinski definition) is 4. The van der Waals surface area contributed by atoms with Crippen LogP contribution in [0.4, 0.5) is 0 Å². The van der Waals surface area contributed by atoms with Crippen LogP contribution in [0.1, 0.15) is 5.56 Å². The van der Waals surface area contributed by atoms with E-state index < -0.39 is 0 Å². The van der Waals surface area contributed by atoms with E-state index in [1.165, 1.54) is 35.5 Å². The number of thioether (sulfide) groups is 1. The highest BCUT2D eigenvalue weighted by Crippen LogP contribution is 2.15. The van der Waals surface area contributed by atoms with Gasteiger partial charge < -0.3 is 15.2 Å². The van der Waals surface area contributed by atoms with E-state index in [2.05, 4.69) is 44.2 Å². The average molecular weight is 276 g/mol. The molecule has 3 rings (SSSR count). The topological polar surface area (TPSA) is 44.0 Å². The Morgan fingerprint density at radius 2 is 2.26 bits per heavy atom. The molecule has 5 heteroatoms. The van der Waals surface area contributed by atoms with E-state index in [0.717, 1.165) is 25.3 Å². The maximum atomic E-state index is 4.31. The minimum Gasteiger partial charge on any atom is -0.346 e. The lowest BCUT2D eigenvalue weighted by Crippen LogP contribution is -2.37. The lowest BCUT2D eigenvalue weighted by atomic mass is 10.2. The molecule has 0 bridgehead atoms. The van der Waals surface area contributed by atoms with Crippen molar-refractivity contribution in [1.82, 2.24) is 20.2 Å². The predicted octanol–water partition coefficient (Wildman–Crippen LogP) is 1.70. The van der Waals surface area contributed by atoms with E-state index in [0.29, 0.717) is 0 Å². The van der Waals surface area contributed by atoms with Crippen molar-refractivity contribution < 1.29 is 0 Å². The van der Waals surface area contributed by atoms with E-state index in [1.807, 2.05) is 12.3 Å². The summed E-state index contributed by atoms with van der Waals surface area (Å²) in [5, 5.41) is 4.76. The van der Waals surface area contributed by atoms with Crippen molar-refractivity contribution in [1.29, 1.82) is 0 Å². The Morgan fingerprint density at radius 1 is 1.37 bits per heavy atom. The van der Waals surface area contributed by atoms with Crippen LogP contribution in [0.5, 0.6) is 0 Å². The van der Waals surface area contributed by atoms with Crippen molar-refractivity contribution in [2.24, 2.45) is 0 Å². The number of aromatic amines is 1.